The average molecular weight is 575 g/mol. The minimum absolute atomic E-state index is 0.139. The maximum absolute atomic E-state index is 11.9. The van der Waals surface area contributed by atoms with Crippen LogP contribution < -0.4 is 9.47 Å². The Morgan fingerprint density at radius 3 is 2.10 bits per heavy atom. The van der Waals surface area contributed by atoms with Crippen LogP contribution in [0.5, 0.6) is 11.5 Å². The van der Waals surface area contributed by atoms with Crippen LogP contribution in [-0.4, -0.2) is 42.6 Å². The summed E-state index contributed by atoms with van der Waals surface area (Å²) in [5, 5.41) is 10.3. The number of carboxylic acid groups (broad SMARTS) is 1. The molecule has 0 spiro atoms. The maximum atomic E-state index is 11.9. The number of rotatable bonds is 8. The van der Waals surface area contributed by atoms with Crippen LogP contribution in [0.25, 0.3) is 28.0 Å². The van der Waals surface area contributed by atoms with Gasteiger partial charge in [0.15, 0.2) is 34.7 Å². The summed E-state index contributed by atoms with van der Waals surface area (Å²) in [4.78, 5) is 33.5. The number of esters is 1. The molecular formula is C33H34O9. The molecule has 0 amide bonds. The van der Waals surface area contributed by atoms with Crippen molar-refractivity contribution >= 4 is 46.2 Å². The Kier molecular flexibility index (Phi) is 8.95. The number of carbonyl (C=O) groups is 3. The third-order valence-corrected chi connectivity index (χ3v) is 7.73. The van der Waals surface area contributed by atoms with E-state index in [0.29, 0.717) is 45.5 Å². The monoisotopic (exact) mass is 574 g/mol. The summed E-state index contributed by atoms with van der Waals surface area (Å²) >= 11 is 0. The number of hydrogen-bond acceptors (Lipinski definition) is 8. The zero-order valence-corrected chi connectivity index (χ0v) is 23.7. The quantitative estimate of drug-likeness (QED) is 0.129. The van der Waals surface area contributed by atoms with Gasteiger partial charge in [-0.2, -0.15) is 0 Å². The van der Waals surface area contributed by atoms with Crippen LogP contribution in [0, 0.1) is 6.92 Å². The number of carbonyl (C=O) groups excluding carboxylic acids is 2. The van der Waals surface area contributed by atoms with Crippen molar-refractivity contribution in [2.75, 3.05) is 7.11 Å². The summed E-state index contributed by atoms with van der Waals surface area (Å²) in [5.41, 5.74) is 2.36. The first-order valence-corrected chi connectivity index (χ1v) is 14.2. The number of ether oxygens (including phenoxy) is 3. The van der Waals surface area contributed by atoms with E-state index in [9.17, 15) is 14.4 Å². The lowest BCUT2D eigenvalue weighted by molar-refractivity contribution is -0.131. The molecule has 0 saturated heterocycles. The molecule has 0 radical (unpaired) electrons. The molecule has 2 aromatic heterocycles. The van der Waals surface area contributed by atoms with Crippen LogP contribution in [0.4, 0.5) is 0 Å². The maximum Gasteiger partial charge on any atom is 0.338 e. The molecule has 2 heterocycles. The third-order valence-electron chi connectivity index (χ3n) is 7.73. The van der Waals surface area contributed by atoms with E-state index in [0.717, 1.165) is 67.6 Å². The number of aldehydes is 1. The highest BCUT2D eigenvalue weighted by atomic mass is 16.5. The molecule has 1 N–H and O–H groups in total. The van der Waals surface area contributed by atoms with E-state index in [4.69, 9.17) is 28.2 Å². The minimum atomic E-state index is -1.08. The standard InChI is InChI=1S/C18H18O6.C15H16O3/c1-22-18(21)13-7-8-15(23-11-4-2-3-5-11)17-14(13)10-12(24-17)6-9-16(19)20;1-10-12-7-4-8-13(15(12)18-14(10)9-16)17-11-5-2-3-6-11/h6-11H,2-5H2,1H3,(H,19,20);4,7-9,11H,2-3,5-6H2,1H3/b9-6-;. The molecule has 9 nitrogen and oxygen atoms in total. The molecule has 2 saturated carbocycles. The van der Waals surface area contributed by atoms with Gasteiger partial charge in [0.05, 0.1) is 24.9 Å². The van der Waals surface area contributed by atoms with Crippen molar-refractivity contribution in [2.24, 2.45) is 0 Å². The zero-order valence-electron chi connectivity index (χ0n) is 23.7. The van der Waals surface area contributed by atoms with Crippen LogP contribution in [0.2, 0.25) is 0 Å². The topological polar surface area (TPSA) is 125 Å². The Balaban J connectivity index is 0.000000175. The van der Waals surface area contributed by atoms with E-state index >= 15 is 0 Å². The molecule has 0 unspecified atom stereocenters. The summed E-state index contributed by atoms with van der Waals surface area (Å²) in [6.45, 7) is 1.90. The zero-order chi connectivity index (χ0) is 29.6. The molecule has 2 aliphatic rings. The number of para-hydroxylation sites is 1. The third kappa shape index (κ3) is 6.35. The van der Waals surface area contributed by atoms with Crippen molar-refractivity contribution in [3.8, 4) is 11.5 Å². The average Bonchev–Trinajstić information content (AvgIpc) is 3.80. The fourth-order valence-corrected chi connectivity index (χ4v) is 5.55. The molecule has 2 aliphatic carbocycles. The first-order valence-electron chi connectivity index (χ1n) is 14.2. The number of carboxylic acids is 1. The van der Waals surface area contributed by atoms with Crippen LogP contribution in [-0.2, 0) is 9.53 Å². The highest BCUT2D eigenvalue weighted by Gasteiger charge is 2.22. The lowest BCUT2D eigenvalue weighted by Crippen LogP contribution is -2.11. The van der Waals surface area contributed by atoms with Crippen LogP contribution in [0.15, 0.2) is 51.3 Å². The van der Waals surface area contributed by atoms with Crippen molar-refractivity contribution in [2.45, 2.75) is 70.5 Å². The highest BCUT2D eigenvalue weighted by Crippen LogP contribution is 2.36. The Hall–Kier alpha value is -4.53. The van der Waals surface area contributed by atoms with Crippen LogP contribution in [0.1, 0.15) is 83.6 Å². The number of aryl methyl sites for hydroxylation is 1. The highest BCUT2D eigenvalue weighted by molar-refractivity contribution is 6.05. The lowest BCUT2D eigenvalue weighted by Gasteiger charge is -2.13. The second kappa shape index (κ2) is 13.0. The number of benzene rings is 2. The second-order valence-electron chi connectivity index (χ2n) is 10.6. The van der Waals surface area contributed by atoms with Crippen molar-refractivity contribution < 1.29 is 42.5 Å². The second-order valence-corrected chi connectivity index (χ2v) is 10.6. The predicted octanol–water partition coefficient (Wildman–Crippen LogP) is 7.51. The van der Waals surface area contributed by atoms with Gasteiger partial charge in [0.25, 0.3) is 0 Å². The minimum Gasteiger partial charge on any atom is -0.486 e. The van der Waals surface area contributed by atoms with Crippen molar-refractivity contribution in [3.05, 3.63) is 65.1 Å². The van der Waals surface area contributed by atoms with E-state index in [1.54, 1.807) is 18.2 Å². The van der Waals surface area contributed by atoms with E-state index in [1.165, 1.54) is 26.0 Å². The summed E-state index contributed by atoms with van der Waals surface area (Å²) in [6.07, 6.45) is 12.4. The first kappa shape index (κ1) is 29.0. The fraction of sp³-hybridized carbons (Fsp3) is 0.364. The number of fused-ring (bicyclic) bond motifs is 2. The van der Waals surface area contributed by atoms with E-state index in [1.807, 2.05) is 25.1 Å². The SMILES string of the molecule is COC(=O)c1ccc(OC2CCCC2)c2oc(/C=C\C(=O)O)cc12.Cc1c(C=O)oc2c(OC3CCCC3)cccc12. The molecule has 0 atom stereocenters. The molecule has 42 heavy (non-hydrogen) atoms. The van der Waals surface area contributed by atoms with Gasteiger partial charge in [-0.1, -0.05) is 12.1 Å². The Morgan fingerprint density at radius 2 is 1.50 bits per heavy atom. The molecule has 220 valence electrons. The summed E-state index contributed by atoms with van der Waals surface area (Å²) < 4.78 is 28.1. The lowest BCUT2D eigenvalue weighted by atomic mass is 10.1. The fourth-order valence-electron chi connectivity index (χ4n) is 5.55. The van der Waals surface area contributed by atoms with Crippen molar-refractivity contribution in [1.29, 1.82) is 0 Å². The van der Waals surface area contributed by atoms with Gasteiger partial charge >= 0.3 is 11.9 Å². The normalized spacial score (nSPS) is 15.7. The van der Waals surface area contributed by atoms with Gasteiger partial charge in [-0.25, -0.2) is 9.59 Å². The van der Waals surface area contributed by atoms with Gasteiger partial charge in [-0.3, -0.25) is 4.79 Å². The van der Waals surface area contributed by atoms with Gasteiger partial charge in [0.2, 0.25) is 0 Å². The van der Waals surface area contributed by atoms with Crippen LogP contribution in [0.3, 0.4) is 0 Å². The number of furan rings is 2. The Bertz CT molecular complexity index is 1610. The number of aliphatic carboxylic acids is 1. The van der Waals surface area contributed by atoms with Gasteiger partial charge in [0, 0.05) is 22.4 Å². The van der Waals surface area contributed by atoms with E-state index in [-0.39, 0.29) is 6.10 Å². The molecule has 4 aromatic rings. The summed E-state index contributed by atoms with van der Waals surface area (Å²) in [5.74, 6) is 0.482. The van der Waals surface area contributed by atoms with Crippen LogP contribution >= 0.6 is 0 Å². The Labute approximate surface area is 243 Å². The summed E-state index contributed by atoms with van der Waals surface area (Å²) in [7, 11) is 1.31. The number of methoxy groups -OCH3 is 1. The Morgan fingerprint density at radius 1 is 0.881 bits per heavy atom. The molecule has 0 bridgehead atoms. The predicted molar refractivity (Wildman–Crippen MR) is 156 cm³/mol. The molecule has 0 aliphatic heterocycles. The van der Waals surface area contributed by atoms with E-state index in [2.05, 4.69) is 0 Å². The molecule has 2 aromatic carbocycles. The smallest absolute Gasteiger partial charge is 0.338 e. The van der Waals surface area contributed by atoms with E-state index < -0.39 is 11.9 Å². The van der Waals surface area contributed by atoms with Gasteiger partial charge in [0.1, 0.15) is 5.76 Å². The molecule has 2 fully saturated rings. The summed E-state index contributed by atoms with van der Waals surface area (Å²) in [6, 6.07) is 10.8. The first-order chi connectivity index (χ1) is 20.4. The van der Waals surface area contributed by atoms with Crippen molar-refractivity contribution in [3.63, 3.8) is 0 Å². The van der Waals surface area contributed by atoms with Crippen molar-refractivity contribution in [1.82, 2.24) is 0 Å². The largest absolute Gasteiger partial charge is 0.486 e. The molecule has 6 rings (SSSR count). The number of hydrogen-bond donors (Lipinski definition) is 1. The van der Waals surface area contributed by atoms with Gasteiger partial charge < -0.3 is 28.2 Å². The molecular weight excluding hydrogens is 540 g/mol. The van der Waals surface area contributed by atoms with Gasteiger partial charge in [-0.05, 0) is 88.6 Å². The molecule has 9 heteroatoms. The van der Waals surface area contributed by atoms with Gasteiger partial charge in [-0.15, -0.1) is 0 Å².